The smallest absolute Gasteiger partial charge is 0.338 e. The maximum Gasteiger partial charge on any atom is 0.338 e. The normalized spacial score (nSPS) is 16.4. The molecule has 1 aliphatic heterocycles. The molecule has 3 rings (SSSR count). The first kappa shape index (κ1) is 23.1. The summed E-state index contributed by atoms with van der Waals surface area (Å²) in [5, 5.41) is 2.69. The van der Waals surface area contributed by atoms with Crippen molar-refractivity contribution in [1.29, 1.82) is 0 Å². The number of benzene rings is 2. The van der Waals surface area contributed by atoms with Crippen molar-refractivity contribution < 1.29 is 27.4 Å². The van der Waals surface area contributed by atoms with Crippen molar-refractivity contribution in [2.24, 2.45) is 0 Å². The van der Waals surface area contributed by atoms with E-state index in [9.17, 15) is 18.0 Å². The largest absolute Gasteiger partial charge is 0.460 e. The molecule has 0 saturated heterocycles. The second-order valence-corrected chi connectivity index (χ2v) is 7.37. The molecule has 5 nitrogen and oxygen atoms in total. The molecule has 164 valence electrons. The summed E-state index contributed by atoms with van der Waals surface area (Å²) < 4.78 is 52.8. The molecule has 0 fully saturated rings. The molecule has 1 N–H and O–H groups in total. The maximum absolute atomic E-state index is 14.6. The predicted octanol–water partition coefficient (Wildman–Crippen LogP) is 4.66. The van der Waals surface area contributed by atoms with Gasteiger partial charge in [0.25, 0.3) is 0 Å². The molecule has 1 aliphatic rings. The van der Waals surface area contributed by atoms with Crippen molar-refractivity contribution in [3.05, 3.63) is 75.7 Å². The monoisotopic (exact) mass is 470 g/mol. The first-order chi connectivity index (χ1) is 14.8. The summed E-state index contributed by atoms with van der Waals surface area (Å²) in [4.78, 5) is 14.3. The van der Waals surface area contributed by atoms with E-state index in [1.807, 2.05) is 0 Å². The number of carbonyl (C=O) groups is 1. The van der Waals surface area contributed by atoms with Gasteiger partial charge in [0, 0.05) is 18.5 Å². The highest BCUT2D eigenvalue weighted by Crippen LogP contribution is 2.37. The average molecular weight is 471 g/mol. The summed E-state index contributed by atoms with van der Waals surface area (Å²) in [7, 11) is 1.44. The highest BCUT2D eigenvalue weighted by molar-refractivity contribution is 7.80. The molecular weight excluding hydrogens is 453 g/mol. The van der Waals surface area contributed by atoms with Gasteiger partial charge >= 0.3 is 5.97 Å². The van der Waals surface area contributed by atoms with Gasteiger partial charge in [0.2, 0.25) is 0 Å². The number of nitrogens with one attached hydrogen (secondary N) is 1. The van der Waals surface area contributed by atoms with Gasteiger partial charge in [-0.3, -0.25) is 4.90 Å². The van der Waals surface area contributed by atoms with Crippen LogP contribution in [0.5, 0.6) is 0 Å². The van der Waals surface area contributed by atoms with Gasteiger partial charge in [0.1, 0.15) is 24.1 Å². The Bertz CT molecular complexity index is 1040. The van der Waals surface area contributed by atoms with Crippen LogP contribution in [0.1, 0.15) is 18.5 Å². The SMILES string of the molecule is COCCOC(=O)C1=C(C)N(c2ccc(F)c(Cl)c2)C(=S)NC1c1c(F)cccc1F. The number of nitrogens with zero attached hydrogens (tertiary/aromatic N) is 1. The minimum atomic E-state index is -1.24. The first-order valence-corrected chi connectivity index (χ1v) is 9.91. The molecule has 0 aliphatic carbocycles. The van der Waals surface area contributed by atoms with Gasteiger partial charge in [0.05, 0.1) is 28.8 Å². The van der Waals surface area contributed by atoms with Crippen LogP contribution in [-0.4, -0.2) is 31.4 Å². The quantitative estimate of drug-likeness (QED) is 0.376. The number of halogens is 4. The van der Waals surface area contributed by atoms with Gasteiger partial charge in [-0.15, -0.1) is 0 Å². The van der Waals surface area contributed by atoms with E-state index in [-0.39, 0.29) is 40.2 Å². The molecule has 0 amide bonds. The van der Waals surface area contributed by atoms with Gasteiger partial charge in [-0.25, -0.2) is 18.0 Å². The van der Waals surface area contributed by atoms with E-state index in [0.717, 1.165) is 18.2 Å². The minimum absolute atomic E-state index is 0.0428. The Morgan fingerprint density at radius 2 is 1.84 bits per heavy atom. The zero-order chi connectivity index (χ0) is 22.7. The van der Waals surface area contributed by atoms with Crippen molar-refractivity contribution in [3.8, 4) is 0 Å². The number of allylic oxidation sites excluding steroid dienone is 1. The zero-order valence-electron chi connectivity index (χ0n) is 16.5. The van der Waals surface area contributed by atoms with E-state index in [0.29, 0.717) is 5.69 Å². The highest BCUT2D eigenvalue weighted by atomic mass is 35.5. The number of hydrogen-bond donors (Lipinski definition) is 1. The van der Waals surface area contributed by atoms with E-state index < -0.39 is 29.5 Å². The van der Waals surface area contributed by atoms with Crippen LogP contribution in [0, 0.1) is 17.5 Å². The van der Waals surface area contributed by atoms with E-state index in [1.54, 1.807) is 6.92 Å². The van der Waals surface area contributed by atoms with Gasteiger partial charge in [-0.1, -0.05) is 17.7 Å². The fraction of sp³-hybridized carbons (Fsp3) is 0.238. The number of rotatable bonds is 6. The molecule has 1 heterocycles. The van der Waals surface area contributed by atoms with Crippen molar-refractivity contribution in [2.45, 2.75) is 13.0 Å². The van der Waals surface area contributed by atoms with Crippen LogP contribution in [0.2, 0.25) is 5.02 Å². The predicted molar refractivity (Wildman–Crippen MR) is 114 cm³/mol. The number of carbonyl (C=O) groups excluding carboxylic acids is 1. The summed E-state index contributed by atoms with van der Waals surface area (Å²) in [5.74, 6) is -3.15. The van der Waals surface area contributed by atoms with Crippen LogP contribution < -0.4 is 10.2 Å². The topological polar surface area (TPSA) is 50.8 Å². The third-order valence-corrected chi connectivity index (χ3v) is 5.27. The molecule has 10 heteroatoms. The molecule has 0 radical (unpaired) electrons. The Balaban J connectivity index is 2.15. The molecule has 0 aromatic heterocycles. The van der Waals surface area contributed by atoms with Crippen LogP contribution in [0.4, 0.5) is 18.9 Å². The second-order valence-electron chi connectivity index (χ2n) is 6.58. The molecule has 2 aromatic carbocycles. The first-order valence-electron chi connectivity index (χ1n) is 9.12. The molecule has 2 aromatic rings. The zero-order valence-corrected chi connectivity index (χ0v) is 18.1. The molecular formula is C21H18ClF3N2O3S. The number of thiocarbonyl (C=S) groups is 1. The lowest BCUT2D eigenvalue weighted by Gasteiger charge is -2.37. The van der Waals surface area contributed by atoms with Crippen molar-refractivity contribution in [3.63, 3.8) is 0 Å². The lowest BCUT2D eigenvalue weighted by molar-refractivity contribution is -0.140. The Labute approximate surface area is 187 Å². The van der Waals surface area contributed by atoms with Gasteiger partial charge in [-0.2, -0.15) is 0 Å². The van der Waals surface area contributed by atoms with E-state index in [1.165, 1.54) is 30.2 Å². The van der Waals surface area contributed by atoms with Gasteiger partial charge in [0.15, 0.2) is 5.11 Å². The molecule has 0 spiro atoms. The fourth-order valence-corrected chi connectivity index (χ4v) is 3.78. The highest BCUT2D eigenvalue weighted by Gasteiger charge is 2.38. The van der Waals surface area contributed by atoms with Gasteiger partial charge < -0.3 is 14.8 Å². The number of esters is 1. The number of hydrogen-bond acceptors (Lipinski definition) is 4. The third kappa shape index (κ3) is 4.68. The number of ether oxygens (including phenoxy) is 2. The van der Waals surface area contributed by atoms with E-state index in [4.69, 9.17) is 33.3 Å². The summed E-state index contributed by atoms with van der Waals surface area (Å²) in [5.41, 5.74) is 0.173. The van der Waals surface area contributed by atoms with Crippen LogP contribution in [0.15, 0.2) is 47.7 Å². The molecule has 0 saturated carbocycles. The minimum Gasteiger partial charge on any atom is -0.460 e. The van der Waals surface area contributed by atoms with Crippen molar-refractivity contribution in [2.75, 3.05) is 25.2 Å². The Morgan fingerprint density at radius 3 is 2.45 bits per heavy atom. The summed E-state index contributed by atoms with van der Waals surface area (Å²) >= 11 is 11.3. The molecule has 0 bridgehead atoms. The number of anilines is 1. The Kier molecular flexibility index (Phi) is 7.19. The van der Waals surface area contributed by atoms with Crippen LogP contribution >= 0.6 is 23.8 Å². The second kappa shape index (κ2) is 9.67. The molecule has 1 atom stereocenters. The Morgan fingerprint density at radius 1 is 1.16 bits per heavy atom. The molecule has 1 unspecified atom stereocenters. The van der Waals surface area contributed by atoms with Crippen LogP contribution in [0.3, 0.4) is 0 Å². The Hall–Kier alpha value is -2.62. The van der Waals surface area contributed by atoms with Gasteiger partial charge in [-0.05, 0) is 49.5 Å². The summed E-state index contributed by atoms with van der Waals surface area (Å²) in [6.07, 6.45) is 0. The lowest BCUT2D eigenvalue weighted by Crippen LogP contribution is -2.48. The third-order valence-electron chi connectivity index (χ3n) is 4.68. The summed E-state index contributed by atoms with van der Waals surface area (Å²) in [6, 6.07) is 6.03. The number of methoxy groups -OCH3 is 1. The van der Waals surface area contributed by atoms with Crippen LogP contribution in [-0.2, 0) is 14.3 Å². The summed E-state index contributed by atoms with van der Waals surface area (Å²) in [6.45, 7) is 1.62. The maximum atomic E-state index is 14.6. The fourth-order valence-electron chi connectivity index (χ4n) is 3.24. The standard InChI is InChI=1S/C21H18ClF3N2O3S/c1-11-17(20(28)30-9-8-29-2)19(18-15(24)4-3-5-16(18)25)26-21(31)27(11)12-6-7-14(23)13(22)10-12/h3-7,10,19H,8-9H2,1-2H3,(H,26,31). The average Bonchev–Trinajstić information content (AvgIpc) is 2.70. The van der Waals surface area contributed by atoms with Crippen molar-refractivity contribution >= 4 is 40.6 Å². The van der Waals surface area contributed by atoms with Crippen LogP contribution in [0.25, 0.3) is 0 Å². The van der Waals surface area contributed by atoms with Crippen molar-refractivity contribution in [1.82, 2.24) is 5.32 Å². The van der Waals surface area contributed by atoms with E-state index >= 15 is 0 Å². The molecule has 31 heavy (non-hydrogen) atoms. The van der Waals surface area contributed by atoms with E-state index in [2.05, 4.69) is 5.32 Å². The lowest BCUT2D eigenvalue weighted by atomic mass is 9.94.